The molecule has 1 fully saturated rings. The van der Waals surface area contributed by atoms with E-state index in [0.717, 1.165) is 12.5 Å². The van der Waals surface area contributed by atoms with Crippen molar-refractivity contribution in [2.45, 2.75) is 26.2 Å². The third kappa shape index (κ3) is 2.00. The molecule has 1 aromatic heterocycles. The molecule has 0 amide bonds. The van der Waals surface area contributed by atoms with Crippen molar-refractivity contribution >= 4 is 5.69 Å². The molecule has 2 nitrogen and oxygen atoms in total. The highest BCUT2D eigenvalue weighted by Gasteiger charge is 2.16. The van der Waals surface area contributed by atoms with Gasteiger partial charge in [-0.05, 0) is 37.3 Å². The molecule has 0 radical (unpaired) electrons. The Morgan fingerprint density at radius 2 is 2.38 bits per heavy atom. The van der Waals surface area contributed by atoms with E-state index >= 15 is 0 Å². The first-order chi connectivity index (χ1) is 6.36. The zero-order valence-corrected chi connectivity index (χ0v) is 8.09. The molecule has 1 aromatic rings. The smallest absolute Gasteiger partial charge is 0.0556 e. The van der Waals surface area contributed by atoms with E-state index in [0.29, 0.717) is 0 Å². The zero-order valence-electron chi connectivity index (χ0n) is 8.09. The summed E-state index contributed by atoms with van der Waals surface area (Å²) in [7, 11) is 0. The van der Waals surface area contributed by atoms with Gasteiger partial charge in [0, 0.05) is 12.7 Å². The van der Waals surface area contributed by atoms with Gasteiger partial charge in [0.05, 0.1) is 11.9 Å². The molecule has 1 N–H and O–H groups in total. The maximum absolute atomic E-state index is 4.10. The lowest BCUT2D eigenvalue weighted by molar-refractivity contribution is 0.333. The van der Waals surface area contributed by atoms with E-state index in [1.54, 1.807) is 0 Å². The lowest BCUT2D eigenvalue weighted by Crippen LogP contribution is -2.21. The van der Waals surface area contributed by atoms with Crippen molar-refractivity contribution < 1.29 is 0 Å². The third-order valence-corrected chi connectivity index (χ3v) is 2.85. The molecule has 0 bridgehead atoms. The Bertz CT molecular complexity index is 279. The van der Waals surface area contributed by atoms with Gasteiger partial charge < -0.3 is 5.32 Å². The highest BCUT2D eigenvalue weighted by molar-refractivity contribution is 5.47. The Hall–Kier alpha value is -1.05. The first-order valence-electron chi connectivity index (χ1n) is 5.01. The Morgan fingerprint density at radius 1 is 1.54 bits per heavy atom. The SMILES string of the molecule is Cc1ccncc1NCC1CCC1. The van der Waals surface area contributed by atoms with Crippen LogP contribution >= 0.6 is 0 Å². The summed E-state index contributed by atoms with van der Waals surface area (Å²) >= 11 is 0. The molecule has 1 aliphatic rings. The van der Waals surface area contributed by atoms with Crippen molar-refractivity contribution in [1.82, 2.24) is 4.98 Å². The minimum absolute atomic E-state index is 0.902. The highest BCUT2D eigenvalue weighted by atomic mass is 14.9. The third-order valence-electron chi connectivity index (χ3n) is 2.85. The van der Waals surface area contributed by atoms with Gasteiger partial charge in [0.1, 0.15) is 0 Å². The van der Waals surface area contributed by atoms with E-state index in [-0.39, 0.29) is 0 Å². The van der Waals surface area contributed by atoms with Crippen LogP contribution in [0.3, 0.4) is 0 Å². The fourth-order valence-corrected chi connectivity index (χ4v) is 1.60. The highest BCUT2D eigenvalue weighted by Crippen LogP contribution is 2.26. The summed E-state index contributed by atoms with van der Waals surface area (Å²) < 4.78 is 0. The molecule has 13 heavy (non-hydrogen) atoms. The summed E-state index contributed by atoms with van der Waals surface area (Å²) in [5.41, 5.74) is 2.48. The number of pyridine rings is 1. The fourth-order valence-electron chi connectivity index (χ4n) is 1.60. The summed E-state index contributed by atoms with van der Waals surface area (Å²) in [6, 6.07) is 2.04. The van der Waals surface area contributed by atoms with E-state index in [2.05, 4.69) is 17.2 Å². The molecular formula is C11H16N2. The van der Waals surface area contributed by atoms with Crippen LogP contribution in [-0.4, -0.2) is 11.5 Å². The van der Waals surface area contributed by atoms with Gasteiger partial charge in [-0.2, -0.15) is 0 Å². The molecule has 2 heteroatoms. The van der Waals surface area contributed by atoms with Crippen LogP contribution in [0.25, 0.3) is 0 Å². The minimum atomic E-state index is 0.902. The average Bonchev–Trinajstić information content (AvgIpc) is 2.05. The number of nitrogens with zero attached hydrogens (tertiary/aromatic N) is 1. The molecule has 1 heterocycles. The summed E-state index contributed by atoms with van der Waals surface area (Å²) in [6.07, 6.45) is 7.95. The van der Waals surface area contributed by atoms with Crippen LogP contribution in [0.5, 0.6) is 0 Å². The number of aryl methyl sites for hydroxylation is 1. The fraction of sp³-hybridized carbons (Fsp3) is 0.545. The first-order valence-corrected chi connectivity index (χ1v) is 5.01. The Kier molecular flexibility index (Phi) is 2.48. The van der Waals surface area contributed by atoms with Gasteiger partial charge in [0.25, 0.3) is 0 Å². The molecule has 0 saturated heterocycles. The molecule has 0 aliphatic heterocycles. The number of hydrogen-bond donors (Lipinski definition) is 1. The predicted molar refractivity (Wildman–Crippen MR) is 54.8 cm³/mol. The number of aromatic nitrogens is 1. The molecule has 0 unspecified atom stereocenters. The lowest BCUT2D eigenvalue weighted by Gasteiger charge is -2.26. The van der Waals surface area contributed by atoms with Crippen LogP contribution in [0.4, 0.5) is 5.69 Å². The summed E-state index contributed by atoms with van der Waals surface area (Å²) in [5, 5.41) is 3.45. The minimum Gasteiger partial charge on any atom is -0.383 e. The van der Waals surface area contributed by atoms with Crippen LogP contribution in [0.2, 0.25) is 0 Å². The van der Waals surface area contributed by atoms with Crippen LogP contribution in [0.1, 0.15) is 24.8 Å². The van der Waals surface area contributed by atoms with Gasteiger partial charge in [0.2, 0.25) is 0 Å². The van der Waals surface area contributed by atoms with Crippen molar-refractivity contribution in [2.75, 3.05) is 11.9 Å². The molecule has 1 saturated carbocycles. The van der Waals surface area contributed by atoms with Crippen LogP contribution in [0.15, 0.2) is 18.5 Å². The summed E-state index contributed by atoms with van der Waals surface area (Å²) in [6.45, 7) is 3.23. The molecule has 2 rings (SSSR count). The van der Waals surface area contributed by atoms with E-state index < -0.39 is 0 Å². The molecule has 70 valence electrons. The van der Waals surface area contributed by atoms with Gasteiger partial charge in [-0.1, -0.05) is 6.42 Å². The van der Waals surface area contributed by atoms with Crippen LogP contribution in [0, 0.1) is 12.8 Å². The summed E-state index contributed by atoms with van der Waals surface area (Å²) in [5.74, 6) is 0.902. The summed E-state index contributed by atoms with van der Waals surface area (Å²) in [4.78, 5) is 4.10. The molecule has 1 aliphatic carbocycles. The zero-order chi connectivity index (χ0) is 9.10. The lowest BCUT2D eigenvalue weighted by atomic mass is 9.85. The largest absolute Gasteiger partial charge is 0.383 e. The van der Waals surface area contributed by atoms with Crippen LogP contribution < -0.4 is 5.32 Å². The Labute approximate surface area is 79.4 Å². The standard InChI is InChI=1S/C11H16N2/c1-9-5-6-12-8-11(9)13-7-10-3-2-4-10/h5-6,8,10,13H,2-4,7H2,1H3. The number of nitrogens with one attached hydrogen (secondary N) is 1. The van der Waals surface area contributed by atoms with Crippen LogP contribution in [-0.2, 0) is 0 Å². The molecule has 0 spiro atoms. The number of rotatable bonds is 3. The van der Waals surface area contributed by atoms with Gasteiger partial charge in [-0.3, -0.25) is 4.98 Å². The molecule has 0 atom stereocenters. The quantitative estimate of drug-likeness (QED) is 0.765. The monoisotopic (exact) mass is 176 g/mol. The van der Waals surface area contributed by atoms with E-state index in [9.17, 15) is 0 Å². The van der Waals surface area contributed by atoms with E-state index in [1.807, 2.05) is 18.5 Å². The van der Waals surface area contributed by atoms with E-state index in [1.165, 1.54) is 30.5 Å². The van der Waals surface area contributed by atoms with E-state index in [4.69, 9.17) is 0 Å². The average molecular weight is 176 g/mol. The second kappa shape index (κ2) is 3.77. The van der Waals surface area contributed by atoms with Gasteiger partial charge in [-0.25, -0.2) is 0 Å². The topological polar surface area (TPSA) is 24.9 Å². The first kappa shape index (κ1) is 8.54. The van der Waals surface area contributed by atoms with Crippen molar-refractivity contribution in [2.24, 2.45) is 5.92 Å². The van der Waals surface area contributed by atoms with Gasteiger partial charge in [-0.15, -0.1) is 0 Å². The van der Waals surface area contributed by atoms with Crippen molar-refractivity contribution in [1.29, 1.82) is 0 Å². The maximum atomic E-state index is 4.10. The number of anilines is 1. The van der Waals surface area contributed by atoms with Gasteiger partial charge >= 0.3 is 0 Å². The predicted octanol–water partition coefficient (Wildman–Crippen LogP) is 2.60. The Balaban J connectivity index is 1.89. The van der Waals surface area contributed by atoms with Crippen molar-refractivity contribution in [3.05, 3.63) is 24.0 Å². The molecular weight excluding hydrogens is 160 g/mol. The normalized spacial score (nSPS) is 16.7. The number of hydrogen-bond acceptors (Lipinski definition) is 2. The van der Waals surface area contributed by atoms with Crippen molar-refractivity contribution in [3.8, 4) is 0 Å². The van der Waals surface area contributed by atoms with Gasteiger partial charge in [0.15, 0.2) is 0 Å². The second-order valence-electron chi connectivity index (χ2n) is 3.87. The van der Waals surface area contributed by atoms with Crippen molar-refractivity contribution in [3.63, 3.8) is 0 Å². The Morgan fingerprint density at radius 3 is 3.00 bits per heavy atom. The molecule has 0 aromatic carbocycles. The maximum Gasteiger partial charge on any atom is 0.0556 e. The second-order valence-corrected chi connectivity index (χ2v) is 3.87.